The molecule has 2 heteroatoms. The van der Waals surface area contributed by atoms with E-state index in [0.717, 1.165) is 6.42 Å². The molecule has 124 valence electrons. The third kappa shape index (κ3) is 3.73. The predicted octanol–water partition coefficient (Wildman–Crippen LogP) is 6.62. The average Bonchev–Trinajstić information content (AvgIpc) is 2.64. The van der Waals surface area contributed by atoms with Gasteiger partial charge in [-0.2, -0.15) is 0 Å². The number of rotatable bonds is 5. The van der Waals surface area contributed by atoms with Crippen LogP contribution in [0.25, 0.3) is 0 Å². The molecular formula is C22H24IP. The van der Waals surface area contributed by atoms with Gasteiger partial charge in [-0.05, 0) is 23.1 Å². The van der Waals surface area contributed by atoms with Crippen LogP contribution in [-0.2, 0) is 5.16 Å². The van der Waals surface area contributed by atoms with Crippen molar-refractivity contribution in [3.63, 3.8) is 0 Å². The molecule has 0 aliphatic carbocycles. The molecule has 0 spiro atoms. The van der Waals surface area contributed by atoms with Crippen LogP contribution >= 0.6 is 33.2 Å². The fourth-order valence-electron chi connectivity index (χ4n) is 3.50. The van der Waals surface area contributed by atoms with Gasteiger partial charge in [0.25, 0.3) is 0 Å². The van der Waals surface area contributed by atoms with Gasteiger partial charge in [0.2, 0.25) is 0 Å². The fraction of sp³-hybridized carbons (Fsp3) is 0.182. The van der Waals surface area contributed by atoms with Gasteiger partial charge < -0.3 is 0 Å². The average molecular weight is 446 g/mol. The normalized spacial score (nSPS) is 12.2. The number of hydrogen-bond donors (Lipinski definition) is 0. The molecule has 0 radical (unpaired) electrons. The molecule has 0 saturated carbocycles. The minimum Gasteiger partial charge on any atom is -0.121 e. The summed E-state index contributed by atoms with van der Waals surface area (Å²) in [5, 5.41) is -0.126. The third-order valence-electron chi connectivity index (χ3n) is 4.66. The molecule has 3 aromatic rings. The van der Waals surface area contributed by atoms with Gasteiger partial charge >= 0.3 is 0 Å². The minimum absolute atomic E-state index is 0. The lowest BCUT2D eigenvalue weighted by Gasteiger charge is -2.39. The topological polar surface area (TPSA) is 0 Å². The van der Waals surface area contributed by atoms with Crippen molar-refractivity contribution in [2.75, 3.05) is 0 Å². The highest BCUT2D eigenvalue weighted by Crippen LogP contribution is 2.51. The lowest BCUT2D eigenvalue weighted by Crippen LogP contribution is -2.28. The molecule has 0 saturated heterocycles. The number of hydrogen-bond acceptors (Lipinski definition) is 0. The highest BCUT2D eigenvalue weighted by molar-refractivity contribution is 14.0. The van der Waals surface area contributed by atoms with E-state index in [0.29, 0.717) is 5.92 Å². The Balaban J connectivity index is 0.00000208. The van der Waals surface area contributed by atoms with Crippen LogP contribution in [0.4, 0.5) is 0 Å². The van der Waals surface area contributed by atoms with Crippen molar-refractivity contribution in [3.8, 4) is 0 Å². The summed E-state index contributed by atoms with van der Waals surface area (Å²) in [6.45, 7) is 2.28. The second kappa shape index (κ2) is 8.78. The monoisotopic (exact) mass is 446 g/mol. The molecule has 24 heavy (non-hydrogen) atoms. The molecule has 0 aromatic heterocycles. The van der Waals surface area contributed by atoms with Crippen LogP contribution in [0.2, 0.25) is 0 Å². The van der Waals surface area contributed by atoms with Gasteiger partial charge in [-0.25, -0.2) is 0 Å². The Kier molecular flexibility index (Phi) is 7.01. The Bertz CT molecular complexity index is 686. The van der Waals surface area contributed by atoms with Crippen molar-refractivity contribution in [3.05, 3.63) is 108 Å². The maximum Gasteiger partial charge on any atom is 0.0412 e. The van der Waals surface area contributed by atoms with Crippen molar-refractivity contribution < 1.29 is 0 Å². The summed E-state index contributed by atoms with van der Waals surface area (Å²) in [7, 11) is 3.18. The maximum absolute atomic E-state index is 3.18. The molecular weight excluding hydrogens is 422 g/mol. The molecule has 0 amide bonds. The second-order valence-electron chi connectivity index (χ2n) is 5.97. The van der Waals surface area contributed by atoms with Gasteiger partial charge in [0.05, 0.1) is 0 Å². The predicted molar refractivity (Wildman–Crippen MR) is 118 cm³/mol. The first-order chi connectivity index (χ1) is 11.3. The first-order valence-corrected chi connectivity index (χ1v) is 8.79. The van der Waals surface area contributed by atoms with E-state index in [2.05, 4.69) is 107 Å². The fourth-order valence-corrected chi connectivity index (χ4v) is 4.32. The van der Waals surface area contributed by atoms with Gasteiger partial charge in [-0.3, -0.25) is 0 Å². The van der Waals surface area contributed by atoms with E-state index in [9.17, 15) is 0 Å². The summed E-state index contributed by atoms with van der Waals surface area (Å²) in [5.41, 5.74) is 4.07. The molecule has 3 aromatic carbocycles. The van der Waals surface area contributed by atoms with Crippen LogP contribution in [0.1, 0.15) is 36.0 Å². The van der Waals surface area contributed by atoms with Gasteiger partial charge in [-0.1, -0.05) is 97.9 Å². The maximum atomic E-state index is 3.18. The van der Waals surface area contributed by atoms with Crippen LogP contribution < -0.4 is 0 Å². The smallest absolute Gasteiger partial charge is 0.0412 e. The summed E-state index contributed by atoms with van der Waals surface area (Å²) in [6, 6.07) is 32.5. The SMILES string of the molecule is CCC(c1ccccc1)C(P)(c1ccccc1)c1ccccc1.I. The van der Waals surface area contributed by atoms with E-state index < -0.39 is 0 Å². The van der Waals surface area contributed by atoms with E-state index in [1.165, 1.54) is 16.7 Å². The van der Waals surface area contributed by atoms with Gasteiger partial charge in [-0.15, -0.1) is 33.2 Å². The van der Waals surface area contributed by atoms with E-state index in [1.54, 1.807) is 0 Å². The molecule has 0 aliphatic rings. The molecule has 3 rings (SSSR count). The number of halogens is 1. The van der Waals surface area contributed by atoms with Crippen LogP contribution in [0, 0.1) is 0 Å². The van der Waals surface area contributed by atoms with Crippen molar-refractivity contribution >= 4 is 33.2 Å². The third-order valence-corrected chi connectivity index (χ3v) is 5.73. The van der Waals surface area contributed by atoms with Gasteiger partial charge in [0.1, 0.15) is 0 Å². The summed E-state index contributed by atoms with van der Waals surface area (Å²) in [6.07, 6.45) is 1.08. The molecule has 2 unspecified atom stereocenters. The standard InChI is InChI=1S/C22H23P.HI/c1-2-21(18-12-6-3-7-13-18)22(23,19-14-8-4-9-15-19)20-16-10-5-11-17-20;/h3-17,21H,2,23H2,1H3;1H. The summed E-state index contributed by atoms with van der Waals surface area (Å²) < 4.78 is 0. The Hall–Kier alpha value is -1.18. The summed E-state index contributed by atoms with van der Waals surface area (Å²) in [5.74, 6) is 0.401. The van der Waals surface area contributed by atoms with Gasteiger partial charge in [0.15, 0.2) is 0 Å². The van der Waals surface area contributed by atoms with Crippen LogP contribution in [-0.4, -0.2) is 0 Å². The molecule has 0 aliphatic heterocycles. The van der Waals surface area contributed by atoms with E-state index >= 15 is 0 Å². The lowest BCUT2D eigenvalue weighted by molar-refractivity contribution is 0.542. The van der Waals surface area contributed by atoms with Crippen LogP contribution in [0.5, 0.6) is 0 Å². The Morgan fingerprint density at radius 2 is 1.08 bits per heavy atom. The minimum atomic E-state index is -0.126. The molecule has 2 atom stereocenters. The Morgan fingerprint density at radius 1 is 0.708 bits per heavy atom. The van der Waals surface area contributed by atoms with Crippen molar-refractivity contribution in [2.24, 2.45) is 0 Å². The highest BCUT2D eigenvalue weighted by Gasteiger charge is 2.37. The molecule has 0 bridgehead atoms. The quantitative estimate of drug-likeness (QED) is 0.305. The first kappa shape index (κ1) is 19.1. The van der Waals surface area contributed by atoms with Crippen LogP contribution in [0.15, 0.2) is 91.0 Å². The zero-order valence-corrected chi connectivity index (χ0v) is 17.4. The molecule has 0 fully saturated rings. The van der Waals surface area contributed by atoms with Crippen molar-refractivity contribution in [1.29, 1.82) is 0 Å². The van der Waals surface area contributed by atoms with E-state index in [4.69, 9.17) is 0 Å². The lowest BCUT2D eigenvalue weighted by atomic mass is 9.75. The molecule has 0 heterocycles. The van der Waals surface area contributed by atoms with Gasteiger partial charge in [0, 0.05) is 11.1 Å². The van der Waals surface area contributed by atoms with E-state index in [1.807, 2.05) is 0 Å². The second-order valence-corrected chi connectivity index (χ2v) is 6.88. The van der Waals surface area contributed by atoms with Crippen molar-refractivity contribution in [1.82, 2.24) is 0 Å². The summed E-state index contributed by atoms with van der Waals surface area (Å²) in [4.78, 5) is 0. The Labute approximate surface area is 164 Å². The van der Waals surface area contributed by atoms with Crippen molar-refractivity contribution in [2.45, 2.75) is 24.4 Å². The largest absolute Gasteiger partial charge is 0.121 e. The number of benzene rings is 3. The Morgan fingerprint density at radius 3 is 1.46 bits per heavy atom. The zero-order chi connectivity index (χ0) is 16.1. The summed E-state index contributed by atoms with van der Waals surface area (Å²) >= 11 is 0. The zero-order valence-electron chi connectivity index (χ0n) is 13.9. The van der Waals surface area contributed by atoms with Crippen LogP contribution in [0.3, 0.4) is 0 Å². The first-order valence-electron chi connectivity index (χ1n) is 8.21. The molecule has 0 N–H and O–H groups in total. The molecule has 0 nitrogen and oxygen atoms in total. The highest BCUT2D eigenvalue weighted by atomic mass is 127. The van der Waals surface area contributed by atoms with E-state index in [-0.39, 0.29) is 29.1 Å².